The molecule has 0 aromatic heterocycles. The van der Waals surface area contributed by atoms with Crippen molar-refractivity contribution >= 4 is 37.7 Å². The molecule has 6 nitrogen and oxygen atoms in total. The Morgan fingerprint density at radius 3 is 2.41 bits per heavy atom. The second kappa shape index (κ2) is 8.98. The zero-order valence-electron chi connectivity index (χ0n) is 15.2. The molecule has 9 heteroatoms. The van der Waals surface area contributed by atoms with E-state index in [9.17, 15) is 17.6 Å². The summed E-state index contributed by atoms with van der Waals surface area (Å²) < 4.78 is 43.5. The molecule has 1 atom stereocenters. The van der Waals surface area contributed by atoms with E-state index in [0.29, 0.717) is 36.9 Å². The fraction of sp³-hybridized carbons (Fsp3) is 0.611. The SMILES string of the molecule is O=C(Nc1ccc(Br)cc1F)C1CCCN(S(=O)(=O)N2CCCCCC2)C1. The van der Waals surface area contributed by atoms with Crippen LogP contribution >= 0.6 is 15.9 Å². The van der Waals surface area contributed by atoms with E-state index < -0.39 is 21.9 Å². The lowest BCUT2D eigenvalue weighted by Gasteiger charge is -2.34. The van der Waals surface area contributed by atoms with Crippen LogP contribution in [0, 0.1) is 11.7 Å². The van der Waals surface area contributed by atoms with Crippen LogP contribution in [-0.2, 0) is 15.0 Å². The topological polar surface area (TPSA) is 69.7 Å². The Labute approximate surface area is 168 Å². The van der Waals surface area contributed by atoms with Crippen LogP contribution in [0.4, 0.5) is 10.1 Å². The number of amides is 1. The van der Waals surface area contributed by atoms with Gasteiger partial charge in [0.25, 0.3) is 10.2 Å². The van der Waals surface area contributed by atoms with Crippen LogP contribution in [0.2, 0.25) is 0 Å². The summed E-state index contributed by atoms with van der Waals surface area (Å²) in [7, 11) is -3.56. The summed E-state index contributed by atoms with van der Waals surface area (Å²) in [5.41, 5.74) is 0.107. The number of anilines is 1. The fourth-order valence-corrected chi connectivity index (χ4v) is 5.73. The number of carbonyl (C=O) groups excluding carboxylic acids is 1. The summed E-state index contributed by atoms with van der Waals surface area (Å²) in [6, 6.07) is 4.42. The van der Waals surface area contributed by atoms with Gasteiger partial charge in [-0.25, -0.2) is 4.39 Å². The highest BCUT2D eigenvalue weighted by molar-refractivity contribution is 9.10. The van der Waals surface area contributed by atoms with Gasteiger partial charge in [-0.15, -0.1) is 0 Å². The van der Waals surface area contributed by atoms with Gasteiger partial charge in [-0.05, 0) is 43.9 Å². The van der Waals surface area contributed by atoms with Crippen molar-refractivity contribution in [2.75, 3.05) is 31.5 Å². The van der Waals surface area contributed by atoms with Crippen molar-refractivity contribution in [2.45, 2.75) is 38.5 Å². The van der Waals surface area contributed by atoms with Gasteiger partial charge in [0.2, 0.25) is 5.91 Å². The Hall–Kier alpha value is -1.03. The number of nitrogens with one attached hydrogen (secondary N) is 1. The number of piperidine rings is 1. The Bertz CT molecular complexity index is 782. The monoisotopic (exact) mass is 461 g/mol. The number of nitrogens with zero attached hydrogens (tertiary/aromatic N) is 2. The van der Waals surface area contributed by atoms with Crippen molar-refractivity contribution in [2.24, 2.45) is 5.92 Å². The van der Waals surface area contributed by atoms with E-state index in [-0.39, 0.29) is 18.1 Å². The van der Waals surface area contributed by atoms with E-state index >= 15 is 0 Å². The first-order chi connectivity index (χ1) is 12.9. The zero-order valence-corrected chi connectivity index (χ0v) is 17.6. The molecule has 27 heavy (non-hydrogen) atoms. The number of benzene rings is 1. The average Bonchev–Trinajstić information content (AvgIpc) is 2.94. The predicted molar refractivity (Wildman–Crippen MR) is 106 cm³/mol. The summed E-state index contributed by atoms with van der Waals surface area (Å²) >= 11 is 3.18. The van der Waals surface area contributed by atoms with Gasteiger partial charge in [-0.2, -0.15) is 17.0 Å². The number of rotatable bonds is 4. The van der Waals surface area contributed by atoms with Crippen molar-refractivity contribution in [3.63, 3.8) is 0 Å². The van der Waals surface area contributed by atoms with Crippen LogP contribution in [0.1, 0.15) is 38.5 Å². The molecule has 2 fully saturated rings. The number of halogens is 2. The van der Waals surface area contributed by atoms with E-state index in [0.717, 1.165) is 25.7 Å². The molecule has 2 aliphatic heterocycles. The van der Waals surface area contributed by atoms with Crippen molar-refractivity contribution in [3.8, 4) is 0 Å². The van der Waals surface area contributed by atoms with Crippen LogP contribution in [-0.4, -0.2) is 49.1 Å². The number of carbonyl (C=O) groups is 1. The molecule has 0 spiro atoms. The molecule has 2 heterocycles. The molecule has 150 valence electrons. The number of hydrogen-bond acceptors (Lipinski definition) is 3. The maximum Gasteiger partial charge on any atom is 0.281 e. The maximum atomic E-state index is 14.0. The van der Waals surface area contributed by atoms with Gasteiger partial charge in [-0.3, -0.25) is 4.79 Å². The van der Waals surface area contributed by atoms with Crippen molar-refractivity contribution in [1.82, 2.24) is 8.61 Å². The lowest BCUT2D eigenvalue weighted by atomic mass is 9.98. The van der Waals surface area contributed by atoms with E-state index in [4.69, 9.17) is 0 Å². The van der Waals surface area contributed by atoms with E-state index in [1.54, 1.807) is 10.4 Å². The lowest BCUT2D eigenvalue weighted by molar-refractivity contribution is -0.120. The van der Waals surface area contributed by atoms with Crippen molar-refractivity contribution in [1.29, 1.82) is 0 Å². The molecule has 1 aromatic rings. The molecule has 0 radical (unpaired) electrons. The van der Waals surface area contributed by atoms with Crippen LogP contribution in [0.3, 0.4) is 0 Å². The zero-order chi connectivity index (χ0) is 19.4. The van der Waals surface area contributed by atoms with Gasteiger partial charge in [0, 0.05) is 30.7 Å². The number of hydrogen-bond donors (Lipinski definition) is 1. The third-order valence-electron chi connectivity index (χ3n) is 5.16. The van der Waals surface area contributed by atoms with Gasteiger partial charge >= 0.3 is 0 Å². The standard InChI is InChI=1S/C18H25BrFN3O3S/c19-15-7-8-17(16(20)12-15)21-18(24)14-6-5-11-23(13-14)27(25,26)22-9-3-1-2-4-10-22/h7-8,12,14H,1-6,9-11,13H2,(H,21,24). The third-order valence-corrected chi connectivity index (χ3v) is 7.66. The minimum Gasteiger partial charge on any atom is -0.323 e. The largest absolute Gasteiger partial charge is 0.323 e. The first-order valence-corrected chi connectivity index (χ1v) is 11.6. The molecule has 1 N–H and O–H groups in total. The van der Waals surface area contributed by atoms with E-state index in [1.165, 1.54) is 16.4 Å². The molecule has 0 saturated carbocycles. The summed E-state index contributed by atoms with van der Waals surface area (Å²) in [5, 5.41) is 2.60. The summed E-state index contributed by atoms with van der Waals surface area (Å²) in [6.45, 7) is 1.65. The minimum absolute atomic E-state index is 0.107. The highest BCUT2D eigenvalue weighted by Gasteiger charge is 2.36. The second-order valence-electron chi connectivity index (χ2n) is 7.13. The minimum atomic E-state index is -3.56. The average molecular weight is 462 g/mol. The molecule has 0 bridgehead atoms. The highest BCUT2D eigenvalue weighted by atomic mass is 79.9. The van der Waals surface area contributed by atoms with Crippen molar-refractivity contribution in [3.05, 3.63) is 28.5 Å². The normalized spacial score (nSPS) is 23.0. The molecule has 1 unspecified atom stereocenters. The highest BCUT2D eigenvalue weighted by Crippen LogP contribution is 2.25. The Balaban J connectivity index is 1.66. The van der Waals surface area contributed by atoms with Crippen LogP contribution in [0.5, 0.6) is 0 Å². The Kier molecular flexibility index (Phi) is 6.88. The van der Waals surface area contributed by atoms with Gasteiger partial charge in [0.1, 0.15) is 5.82 Å². The van der Waals surface area contributed by atoms with Crippen LogP contribution in [0.25, 0.3) is 0 Å². The fourth-order valence-electron chi connectivity index (χ4n) is 3.63. The van der Waals surface area contributed by atoms with E-state index in [1.807, 2.05) is 0 Å². The molecule has 3 rings (SSSR count). The van der Waals surface area contributed by atoms with Crippen LogP contribution < -0.4 is 5.32 Å². The molecule has 1 aromatic carbocycles. The molecule has 2 aliphatic rings. The van der Waals surface area contributed by atoms with Gasteiger partial charge in [0.15, 0.2) is 0 Å². The molecular formula is C18H25BrFN3O3S. The van der Waals surface area contributed by atoms with Crippen LogP contribution in [0.15, 0.2) is 22.7 Å². The van der Waals surface area contributed by atoms with Gasteiger partial charge in [-0.1, -0.05) is 28.8 Å². The molecule has 0 aliphatic carbocycles. The molecular weight excluding hydrogens is 437 g/mol. The van der Waals surface area contributed by atoms with Crippen molar-refractivity contribution < 1.29 is 17.6 Å². The van der Waals surface area contributed by atoms with Gasteiger partial charge in [0.05, 0.1) is 11.6 Å². The summed E-state index contributed by atoms with van der Waals surface area (Å²) in [5.74, 6) is -1.35. The smallest absolute Gasteiger partial charge is 0.281 e. The first kappa shape index (κ1) is 20.7. The molecule has 1 amide bonds. The van der Waals surface area contributed by atoms with E-state index in [2.05, 4.69) is 21.2 Å². The Morgan fingerprint density at radius 2 is 1.74 bits per heavy atom. The second-order valence-corrected chi connectivity index (χ2v) is 9.98. The Morgan fingerprint density at radius 1 is 1.07 bits per heavy atom. The lowest BCUT2D eigenvalue weighted by Crippen LogP contribution is -2.50. The summed E-state index contributed by atoms with van der Waals surface area (Å²) in [4.78, 5) is 12.6. The third kappa shape index (κ3) is 5.07. The quantitative estimate of drug-likeness (QED) is 0.746. The first-order valence-electron chi connectivity index (χ1n) is 9.39. The maximum absolute atomic E-state index is 14.0. The molecule has 2 saturated heterocycles. The summed E-state index contributed by atoms with van der Waals surface area (Å²) in [6.07, 6.45) is 5.06. The van der Waals surface area contributed by atoms with Gasteiger partial charge < -0.3 is 5.32 Å². The predicted octanol–water partition coefficient (Wildman–Crippen LogP) is 3.36.